The largest absolute Gasteiger partial charge is 0.540 e. The molecule has 1 aliphatic heterocycles. The highest BCUT2D eigenvalue weighted by Gasteiger charge is 2.47. The van der Waals surface area contributed by atoms with Crippen molar-refractivity contribution >= 4 is 8.32 Å². The van der Waals surface area contributed by atoms with Crippen LogP contribution in [-0.4, -0.2) is 28.6 Å². The van der Waals surface area contributed by atoms with Gasteiger partial charge in [0.2, 0.25) is 0 Å². The van der Waals surface area contributed by atoms with Crippen LogP contribution in [0.25, 0.3) is 0 Å². The summed E-state index contributed by atoms with van der Waals surface area (Å²) in [7, 11) is -0.463. The molecule has 0 aromatic heterocycles. The molecule has 1 fully saturated rings. The molecule has 1 aliphatic rings. The lowest BCUT2D eigenvalue weighted by molar-refractivity contribution is -0.135. The second-order valence-corrected chi connectivity index (χ2v) is 13.1. The summed E-state index contributed by atoms with van der Waals surface area (Å²) < 4.78 is 31.8. The zero-order chi connectivity index (χ0) is 18.1. The molecule has 24 heavy (non-hydrogen) atoms. The zero-order valence-electron chi connectivity index (χ0n) is 16.0. The Balaban J connectivity index is 2.40. The third-order valence-electron chi connectivity index (χ3n) is 5.34. The fourth-order valence-electron chi connectivity index (χ4n) is 4.02. The van der Waals surface area contributed by atoms with Crippen molar-refractivity contribution in [1.82, 2.24) is 0 Å². The third kappa shape index (κ3) is 3.20. The second kappa shape index (κ2) is 7.04. The molecular formula is C19H31FO3Si. The van der Waals surface area contributed by atoms with Gasteiger partial charge in [0.05, 0.1) is 20.3 Å². The Hall–Kier alpha value is -1.07. The highest BCUT2D eigenvalue weighted by molar-refractivity contribution is 6.78. The average Bonchev–Trinajstić information content (AvgIpc) is 2.49. The first-order valence-electron chi connectivity index (χ1n) is 8.81. The lowest BCUT2D eigenvalue weighted by Crippen LogP contribution is -2.50. The van der Waals surface area contributed by atoms with Crippen LogP contribution in [0.2, 0.25) is 16.6 Å². The first-order valence-corrected chi connectivity index (χ1v) is 11.0. The molecule has 1 aromatic rings. The maximum Gasteiger partial charge on any atom is 0.258 e. The van der Waals surface area contributed by atoms with Gasteiger partial charge in [0.15, 0.2) is 11.4 Å². The van der Waals surface area contributed by atoms with Crippen LogP contribution >= 0.6 is 0 Å². The summed E-state index contributed by atoms with van der Waals surface area (Å²) in [4.78, 5) is 0. The topological polar surface area (TPSA) is 27.7 Å². The van der Waals surface area contributed by atoms with Crippen LogP contribution in [0.4, 0.5) is 4.39 Å². The molecule has 0 bridgehead atoms. The maximum atomic E-state index is 14.6. The number of ether oxygens (including phenoxy) is 2. The SMILES string of the molecule is COc1cc(C2(F)COC2)ccc1O[Si](C(C)C)(C(C)C)C(C)C. The highest BCUT2D eigenvalue weighted by Crippen LogP contribution is 2.46. The molecule has 0 atom stereocenters. The van der Waals surface area contributed by atoms with Crippen LogP contribution in [-0.2, 0) is 10.4 Å². The highest BCUT2D eigenvalue weighted by atomic mass is 28.4. The number of alkyl halides is 1. The van der Waals surface area contributed by atoms with Crippen LogP contribution in [0.5, 0.6) is 11.5 Å². The van der Waals surface area contributed by atoms with Crippen molar-refractivity contribution in [1.29, 1.82) is 0 Å². The molecule has 0 spiro atoms. The van der Waals surface area contributed by atoms with Crippen LogP contribution in [0.15, 0.2) is 18.2 Å². The van der Waals surface area contributed by atoms with E-state index < -0.39 is 14.0 Å². The Morgan fingerprint density at radius 2 is 1.54 bits per heavy atom. The second-order valence-electron chi connectivity index (χ2n) is 7.74. The first kappa shape index (κ1) is 19.3. The molecule has 136 valence electrons. The summed E-state index contributed by atoms with van der Waals surface area (Å²) in [5, 5.41) is 0. The zero-order valence-corrected chi connectivity index (χ0v) is 17.0. The van der Waals surface area contributed by atoms with E-state index >= 15 is 0 Å². The van der Waals surface area contributed by atoms with E-state index in [0.717, 1.165) is 5.75 Å². The quantitative estimate of drug-likeness (QED) is 0.610. The number of hydrogen-bond donors (Lipinski definition) is 0. The number of hydrogen-bond acceptors (Lipinski definition) is 3. The predicted octanol–water partition coefficient (Wildman–Crippen LogP) is 5.44. The Morgan fingerprint density at radius 3 is 1.92 bits per heavy atom. The van der Waals surface area contributed by atoms with E-state index in [9.17, 15) is 4.39 Å². The van der Waals surface area contributed by atoms with Crippen LogP contribution in [0.1, 0.15) is 47.1 Å². The molecule has 0 N–H and O–H groups in total. The van der Waals surface area contributed by atoms with Gasteiger partial charge in [0, 0.05) is 0 Å². The van der Waals surface area contributed by atoms with Gasteiger partial charge in [-0.3, -0.25) is 0 Å². The Labute approximate surface area is 146 Å². The van der Waals surface area contributed by atoms with E-state index in [4.69, 9.17) is 13.9 Å². The lowest BCUT2D eigenvalue weighted by atomic mass is 9.94. The first-order chi connectivity index (χ1) is 11.2. The van der Waals surface area contributed by atoms with Gasteiger partial charge in [-0.1, -0.05) is 47.6 Å². The maximum absolute atomic E-state index is 14.6. The van der Waals surface area contributed by atoms with Crippen molar-refractivity contribution in [3.05, 3.63) is 23.8 Å². The minimum absolute atomic E-state index is 0.110. The molecule has 0 radical (unpaired) electrons. The van der Waals surface area contributed by atoms with Gasteiger partial charge in [0.1, 0.15) is 5.75 Å². The van der Waals surface area contributed by atoms with Gasteiger partial charge in [0.25, 0.3) is 8.32 Å². The smallest absolute Gasteiger partial charge is 0.258 e. The molecule has 1 aromatic carbocycles. The molecule has 0 aliphatic carbocycles. The lowest BCUT2D eigenvalue weighted by Gasteiger charge is -2.42. The van der Waals surface area contributed by atoms with E-state index in [-0.39, 0.29) is 13.2 Å². The normalized spacial score (nSPS) is 17.3. The molecule has 1 heterocycles. The van der Waals surface area contributed by atoms with E-state index in [1.807, 2.05) is 6.07 Å². The van der Waals surface area contributed by atoms with Crippen molar-refractivity contribution in [3.8, 4) is 11.5 Å². The van der Waals surface area contributed by atoms with Gasteiger partial charge < -0.3 is 13.9 Å². The van der Waals surface area contributed by atoms with Gasteiger partial charge in [-0.25, -0.2) is 4.39 Å². The van der Waals surface area contributed by atoms with Gasteiger partial charge >= 0.3 is 0 Å². The minimum Gasteiger partial charge on any atom is -0.540 e. The molecule has 0 unspecified atom stereocenters. The number of methoxy groups -OCH3 is 1. The predicted molar refractivity (Wildman–Crippen MR) is 98.3 cm³/mol. The monoisotopic (exact) mass is 354 g/mol. The third-order valence-corrected chi connectivity index (χ3v) is 11.3. The minimum atomic E-state index is -2.07. The van der Waals surface area contributed by atoms with Gasteiger partial charge in [-0.15, -0.1) is 0 Å². The molecular weight excluding hydrogens is 323 g/mol. The van der Waals surface area contributed by atoms with Crippen molar-refractivity contribution in [3.63, 3.8) is 0 Å². The summed E-state index contributed by atoms with van der Waals surface area (Å²) >= 11 is 0. The molecule has 3 nitrogen and oxygen atoms in total. The van der Waals surface area contributed by atoms with Crippen LogP contribution < -0.4 is 9.16 Å². The Morgan fingerprint density at radius 1 is 1.00 bits per heavy atom. The van der Waals surface area contributed by atoms with E-state index in [2.05, 4.69) is 41.5 Å². The summed E-state index contributed by atoms with van der Waals surface area (Å²) in [6.45, 7) is 13.7. The number of halogens is 1. The number of benzene rings is 1. The summed E-state index contributed by atoms with van der Waals surface area (Å²) in [6, 6.07) is 5.43. The molecule has 2 rings (SSSR count). The summed E-state index contributed by atoms with van der Waals surface area (Å²) in [5.74, 6) is 1.34. The number of rotatable bonds is 7. The van der Waals surface area contributed by atoms with Crippen molar-refractivity contribution in [2.24, 2.45) is 0 Å². The van der Waals surface area contributed by atoms with Crippen LogP contribution in [0, 0.1) is 0 Å². The van der Waals surface area contributed by atoms with E-state index in [0.29, 0.717) is 27.9 Å². The van der Waals surface area contributed by atoms with Crippen molar-refractivity contribution in [2.45, 2.75) is 63.8 Å². The molecule has 0 saturated carbocycles. The van der Waals surface area contributed by atoms with Crippen LogP contribution in [0.3, 0.4) is 0 Å². The summed E-state index contributed by atoms with van der Waals surface area (Å²) in [6.07, 6.45) is 0. The fraction of sp³-hybridized carbons (Fsp3) is 0.684. The van der Waals surface area contributed by atoms with E-state index in [1.165, 1.54) is 0 Å². The molecule has 1 saturated heterocycles. The van der Waals surface area contributed by atoms with Gasteiger partial charge in [-0.05, 0) is 34.3 Å². The fourth-order valence-corrected chi connectivity index (χ4v) is 9.28. The summed E-state index contributed by atoms with van der Waals surface area (Å²) in [5.41, 5.74) is 0.608. The molecule has 0 amide bonds. The van der Waals surface area contributed by atoms with E-state index in [1.54, 1.807) is 19.2 Å². The van der Waals surface area contributed by atoms with Crippen molar-refractivity contribution in [2.75, 3.05) is 20.3 Å². The standard InChI is InChI=1S/C19H31FO3Si/c1-13(2)24(14(3)4,15(5)6)23-17-9-8-16(10-18(17)21-7)19(20)11-22-12-19/h8-10,13-15H,11-12H2,1-7H3. The average molecular weight is 355 g/mol. The van der Waals surface area contributed by atoms with Gasteiger partial charge in [-0.2, -0.15) is 0 Å². The van der Waals surface area contributed by atoms with Crippen molar-refractivity contribution < 1.29 is 18.3 Å². The Kier molecular flexibility index (Phi) is 5.65. The Bertz CT molecular complexity index is 546. The molecule has 5 heteroatoms.